The summed E-state index contributed by atoms with van der Waals surface area (Å²) in [4.78, 5) is 0. The van der Waals surface area contributed by atoms with Crippen LogP contribution in [0.3, 0.4) is 0 Å². The molecule has 0 radical (unpaired) electrons. The third-order valence-electron chi connectivity index (χ3n) is 0. The van der Waals surface area contributed by atoms with Crippen molar-refractivity contribution >= 4 is 0 Å². The van der Waals surface area contributed by atoms with Gasteiger partial charge in [0.1, 0.15) is 0 Å². The molecule has 14 heavy (non-hydrogen) atoms. The van der Waals surface area contributed by atoms with Gasteiger partial charge in [-0.2, -0.15) is 0 Å². The van der Waals surface area contributed by atoms with Crippen LogP contribution in [0, 0.1) is 46.1 Å². The van der Waals surface area contributed by atoms with Gasteiger partial charge in [-0.25, -0.2) is 21.0 Å². The van der Waals surface area contributed by atoms with Gasteiger partial charge >= 0.3 is 51.9 Å². The van der Waals surface area contributed by atoms with Gasteiger partial charge in [0.15, 0.2) is 0 Å². The van der Waals surface area contributed by atoms with Gasteiger partial charge in [0.2, 0.25) is 0 Å². The zero-order chi connectivity index (χ0) is 10.8. The van der Waals surface area contributed by atoms with Crippen molar-refractivity contribution in [3.05, 3.63) is 0 Å². The van der Waals surface area contributed by atoms with Crippen molar-refractivity contribution in [3.63, 3.8) is 0 Å². The van der Waals surface area contributed by atoms with E-state index < -0.39 is 0 Å². The maximum atomic E-state index is 8.24. The summed E-state index contributed by atoms with van der Waals surface area (Å²) in [5.41, 5.74) is 0. The Hall–Kier alpha value is -1.10. The third kappa shape index (κ3) is 883. The fraction of sp³-hybridized carbons (Fsp3) is 0. The normalized spacial score (nSPS) is 2.00. The van der Waals surface area contributed by atoms with Gasteiger partial charge in [0, 0.05) is 25.0 Å². The first kappa shape index (κ1) is 38.4. The topological polar surface area (TPSA) is 187 Å². The molecule has 0 aromatic rings. The van der Waals surface area contributed by atoms with Crippen LogP contribution in [0.15, 0.2) is 0 Å². The van der Waals surface area contributed by atoms with E-state index in [4.69, 9.17) is 41.5 Å². The molecule has 0 saturated carbocycles. The summed E-state index contributed by atoms with van der Waals surface area (Å²) < 4.78 is 0. The van der Waals surface area contributed by atoms with Crippen LogP contribution in [0.4, 0.5) is 0 Å². The molecule has 0 amide bonds. The summed E-state index contributed by atoms with van der Waals surface area (Å²) in [7, 11) is 0. The molecule has 0 rings (SSSR count). The molecular weight excluding hydrogens is 388 g/mol. The van der Waals surface area contributed by atoms with Crippen LogP contribution in [-0.4, -0.2) is 0 Å². The molecule has 0 unspecified atom stereocenters. The molecule has 0 aromatic carbocycles. The Morgan fingerprint density at radius 3 is 0.571 bits per heavy atom. The molecule has 0 N–H and O–H groups in total. The molecule has 0 aliphatic carbocycles. The molecule has 0 aliphatic rings. The molecule has 8 nitrogen and oxygen atoms in total. The van der Waals surface area contributed by atoms with E-state index in [1.165, 1.54) is 0 Å². The Morgan fingerprint density at radius 1 is 0.571 bits per heavy atom. The Kier molecular flexibility index (Phi) is 461. The van der Waals surface area contributed by atoms with Gasteiger partial charge in [0.25, 0.3) is 0 Å². The van der Waals surface area contributed by atoms with Crippen LogP contribution >= 0.6 is 0 Å². The third-order valence-corrected chi connectivity index (χ3v) is 0. The Balaban J connectivity index is -0.0000000145. The maximum absolute atomic E-state index is 8.24. The SMILES string of the molecule is N#C[O-].N#C[O-].N#C[O-].N#C[O-].[Au+3].[Na+]. The predicted octanol–water partition coefficient (Wildman–Crippen LogP) is -7.69. The molecule has 0 saturated heterocycles. The van der Waals surface area contributed by atoms with Crippen LogP contribution in [-0.2, 0) is 22.4 Å². The largest absolute Gasteiger partial charge is 3.00 e. The van der Waals surface area contributed by atoms with Crippen LogP contribution in [0.25, 0.3) is 0 Å². The van der Waals surface area contributed by atoms with Crippen molar-refractivity contribution < 1.29 is 72.4 Å². The van der Waals surface area contributed by atoms with E-state index in [0.717, 1.165) is 0 Å². The zero-order valence-corrected chi connectivity index (χ0v) is 10.9. The average molecular weight is 388 g/mol. The second kappa shape index (κ2) is 168. The van der Waals surface area contributed by atoms with Crippen molar-refractivity contribution in [2.45, 2.75) is 0 Å². The van der Waals surface area contributed by atoms with E-state index in [1.807, 2.05) is 0 Å². The van der Waals surface area contributed by atoms with Gasteiger partial charge < -0.3 is 20.4 Å². The first-order valence-electron chi connectivity index (χ1n) is 1.71. The summed E-state index contributed by atoms with van der Waals surface area (Å²) in [5, 5.41) is 60.0. The van der Waals surface area contributed by atoms with Gasteiger partial charge in [-0.3, -0.25) is 0 Å². The molecule has 0 bridgehead atoms. The summed E-state index contributed by atoms with van der Waals surface area (Å²) in [6.07, 6.45) is 2.00. The molecule has 0 fully saturated rings. The monoisotopic (exact) mass is 388 g/mol. The van der Waals surface area contributed by atoms with Crippen LogP contribution in [0.2, 0.25) is 0 Å². The molecule has 0 heterocycles. The minimum Gasteiger partial charge on any atom is -0.812 e. The molecule has 72 valence electrons. The van der Waals surface area contributed by atoms with Crippen LogP contribution in [0.1, 0.15) is 0 Å². The van der Waals surface area contributed by atoms with E-state index in [1.54, 1.807) is 0 Å². The summed E-state index contributed by atoms with van der Waals surface area (Å²) in [6.45, 7) is 0. The second-order valence-electron chi connectivity index (χ2n) is 0.365. The molecule has 0 spiro atoms. The number of rotatable bonds is 0. The van der Waals surface area contributed by atoms with Gasteiger partial charge in [0.05, 0.1) is 0 Å². The maximum Gasteiger partial charge on any atom is 3.00 e. The van der Waals surface area contributed by atoms with Crippen LogP contribution in [0.5, 0.6) is 0 Å². The molecule has 0 aromatic heterocycles. The summed E-state index contributed by atoms with van der Waals surface area (Å²) in [6, 6.07) is 0. The van der Waals surface area contributed by atoms with E-state index in [9.17, 15) is 0 Å². The fourth-order valence-corrected chi connectivity index (χ4v) is 0. The summed E-state index contributed by atoms with van der Waals surface area (Å²) in [5.74, 6) is 0. The second-order valence-corrected chi connectivity index (χ2v) is 0.365. The van der Waals surface area contributed by atoms with Gasteiger partial charge in [-0.05, 0) is 0 Å². The van der Waals surface area contributed by atoms with Crippen molar-refractivity contribution in [1.29, 1.82) is 21.0 Å². The quantitative estimate of drug-likeness (QED) is 0.289. The summed E-state index contributed by atoms with van der Waals surface area (Å²) >= 11 is 0. The fourth-order valence-electron chi connectivity index (χ4n) is 0. The minimum absolute atomic E-state index is 0. The van der Waals surface area contributed by atoms with E-state index >= 15 is 0 Å². The Labute approximate surface area is 118 Å². The van der Waals surface area contributed by atoms with Crippen LogP contribution < -0.4 is 50.0 Å². The van der Waals surface area contributed by atoms with E-state index in [2.05, 4.69) is 0 Å². The first-order chi connectivity index (χ1) is 5.66. The molecule has 0 aliphatic heterocycles. The average Bonchev–Trinajstić information content (AvgIpc) is 1.92. The van der Waals surface area contributed by atoms with Crippen molar-refractivity contribution in [2.75, 3.05) is 0 Å². The standard InChI is InChI=1S/4CHNO.Au.Na/c4*2-1-3;;/h4*3H;;/q;;;;+3;+1/p-4. The molecule has 10 heteroatoms. The van der Waals surface area contributed by atoms with Gasteiger partial charge in [-0.1, -0.05) is 0 Å². The Bertz CT molecular complexity index is 163. The van der Waals surface area contributed by atoms with E-state index in [-0.39, 0.29) is 51.9 Å². The van der Waals surface area contributed by atoms with Crippen molar-refractivity contribution in [3.8, 4) is 25.0 Å². The number of nitriles is 4. The first-order valence-corrected chi connectivity index (χ1v) is 1.71. The predicted molar refractivity (Wildman–Crippen MR) is 22.5 cm³/mol. The molecule has 0 atom stereocenters. The minimum atomic E-state index is 0. The van der Waals surface area contributed by atoms with E-state index in [0.29, 0.717) is 25.0 Å². The number of hydrogen-bond acceptors (Lipinski definition) is 8. The number of hydrogen-bond donors (Lipinski definition) is 0. The molecular formula is C4AuN4NaO4. The zero-order valence-electron chi connectivity index (χ0n) is 6.72. The van der Waals surface area contributed by atoms with Crippen molar-refractivity contribution in [2.24, 2.45) is 0 Å². The van der Waals surface area contributed by atoms with Crippen molar-refractivity contribution in [1.82, 2.24) is 0 Å². The number of nitrogens with zero attached hydrogens (tertiary/aromatic N) is 4. The Morgan fingerprint density at radius 2 is 0.571 bits per heavy atom. The van der Waals surface area contributed by atoms with Gasteiger partial charge in [-0.15, -0.1) is 0 Å². The smallest absolute Gasteiger partial charge is 0.812 e.